The summed E-state index contributed by atoms with van der Waals surface area (Å²) in [6, 6.07) is 0. The van der Waals surface area contributed by atoms with Crippen LogP contribution in [0, 0.1) is 0 Å². The van der Waals surface area contributed by atoms with Crippen LogP contribution in [0.4, 0.5) is 5.82 Å². The topological polar surface area (TPSA) is 84.0 Å². The first-order valence-electron chi connectivity index (χ1n) is 3.31. The minimum absolute atomic E-state index is 0.0582. The van der Waals surface area contributed by atoms with Crippen LogP contribution < -0.4 is 11.3 Å². The highest BCUT2D eigenvalue weighted by Crippen LogP contribution is 2.01. The third kappa shape index (κ3) is 1.27. The molecule has 5 heteroatoms. The zero-order chi connectivity index (χ0) is 8.43. The Kier molecular flexibility index (Phi) is 2.00. The molecule has 0 fully saturated rings. The van der Waals surface area contributed by atoms with Crippen LogP contribution in [-0.4, -0.2) is 21.5 Å². The monoisotopic (exact) mass is 157 g/mol. The number of aromatic nitrogens is 2. The number of rotatable bonds is 2. The van der Waals surface area contributed by atoms with Gasteiger partial charge in [-0.15, -0.1) is 0 Å². The number of anilines is 1. The van der Waals surface area contributed by atoms with Crippen molar-refractivity contribution in [1.82, 2.24) is 9.78 Å². The van der Waals surface area contributed by atoms with E-state index in [2.05, 4.69) is 5.10 Å². The van der Waals surface area contributed by atoms with Gasteiger partial charge in [-0.3, -0.25) is 14.6 Å². The molecule has 11 heavy (non-hydrogen) atoms. The number of hydrogen-bond donors (Lipinski definition) is 3. The van der Waals surface area contributed by atoms with Crippen molar-refractivity contribution in [1.29, 1.82) is 0 Å². The van der Waals surface area contributed by atoms with Gasteiger partial charge in [-0.1, -0.05) is 0 Å². The maximum Gasteiger partial charge on any atom is 0.271 e. The summed E-state index contributed by atoms with van der Waals surface area (Å²) in [5.74, 6) is 0.339. The van der Waals surface area contributed by atoms with Crippen LogP contribution in [0.1, 0.15) is 5.56 Å². The fraction of sp³-hybridized carbons (Fsp3) is 0.500. The molecule has 62 valence electrons. The van der Waals surface area contributed by atoms with Crippen LogP contribution in [0.3, 0.4) is 0 Å². The second-order valence-electron chi connectivity index (χ2n) is 2.34. The van der Waals surface area contributed by atoms with Crippen LogP contribution in [0.2, 0.25) is 0 Å². The van der Waals surface area contributed by atoms with E-state index in [0.717, 1.165) is 0 Å². The van der Waals surface area contributed by atoms with Crippen molar-refractivity contribution in [3.63, 3.8) is 0 Å². The van der Waals surface area contributed by atoms with Crippen molar-refractivity contribution < 1.29 is 5.11 Å². The van der Waals surface area contributed by atoms with Crippen molar-refractivity contribution in [3.05, 3.63) is 15.9 Å². The fourth-order valence-electron chi connectivity index (χ4n) is 0.970. The molecule has 0 spiro atoms. The quantitative estimate of drug-likeness (QED) is 0.505. The lowest BCUT2D eigenvalue weighted by Gasteiger charge is -1.89. The van der Waals surface area contributed by atoms with E-state index in [1.165, 1.54) is 4.68 Å². The molecule has 0 unspecified atom stereocenters. The molecule has 0 aliphatic carbocycles. The minimum atomic E-state index is -0.170. The van der Waals surface area contributed by atoms with E-state index in [4.69, 9.17) is 10.8 Å². The molecular weight excluding hydrogens is 146 g/mol. The Balaban J connectivity index is 3.12. The fourth-order valence-corrected chi connectivity index (χ4v) is 0.970. The average Bonchev–Trinajstić information content (AvgIpc) is 2.17. The number of nitrogens with two attached hydrogens (primary N) is 1. The highest BCUT2D eigenvalue weighted by Gasteiger charge is 2.07. The Morgan fingerprint density at radius 1 is 1.73 bits per heavy atom. The number of aliphatic hydroxyl groups excluding tert-OH is 1. The normalized spacial score (nSPS) is 10.4. The number of nitrogen functional groups attached to an aromatic ring is 1. The molecule has 1 heterocycles. The molecule has 1 aromatic rings. The third-order valence-corrected chi connectivity index (χ3v) is 1.54. The van der Waals surface area contributed by atoms with Crippen molar-refractivity contribution in [3.8, 4) is 0 Å². The van der Waals surface area contributed by atoms with E-state index < -0.39 is 0 Å². The molecule has 0 saturated carbocycles. The molecule has 1 aromatic heterocycles. The molecule has 0 aliphatic rings. The van der Waals surface area contributed by atoms with Crippen LogP contribution in [0.5, 0.6) is 0 Å². The SMILES string of the molecule is Cn1[nH]c(N)c(CCO)c1=O. The maximum absolute atomic E-state index is 11.1. The van der Waals surface area contributed by atoms with E-state index in [1.54, 1.807) is 7.05 Å². The zero-order valence-corrected chi connectivity index (χ0v) is 6.29. The summed E-state index contributed by atoms with van der Waals surface area (Å²) in [6.45, 7) is -0.0582. The molecule has 0 bridgehead atoms. The first-order valence-corrected chi connectivity index (χ1v) is 3.31. The van der Waals surface area contributed by atoms with Gasteiger partial charge in [-0.25, -0.2) is 0 Å². The largest absolute Gasteiger partial charge is 0.396 e. The van der Waals surface area contributed by atoms with Crippen molar-refractivity contribution in [2.45, 2.75) is 6.42 Å². The highest BCUT2D eigenvalue weighted by molar-refractivity contribution is 5.37. The molecule has 0 aliphatic heterocycles. The summed E-state index contributed by atoms with van der Waals surface area (Å²) in [6.07, 6.45) is 0.308. The summed E-state index contributed by atoms with van der Waals surface area (Å²) < 4.78 is 1.29. The Morgan fingerprint density at radius 2 is 2.36 bits per heavy atom. The van der Waals surface area contributed by atoms with E-state index in [1.807, 2.05) is 0 Å². The van der Waals surface area contributed by atoms with Gasteiger partial charge in [0.15, 0.2) is 0 Å². The lowest BCUT2D eigenvalue weighted by Crippen LogP contribution is -2.16. The Morgan fingerprint density at radius 3 is 2.73 bits per heavy atom. The first-order chi connectivity index (χ1) is 5.16. The summed E-state index contributed by atoms with van der Waals surface area (Å²) in [5.41, 5.74) is 5.72. The van der Waals surface area contributed by atoms with Crippen molar-refractivity contribution in [2.24, 2.45) is 7.05 Å². The van der Waals surface area contributed by atoms with Gasteiger partial charge in [0.2, 0.25) is 0 Å². The molecule has 0 saturated heterocycles. The lowest BCUT2D eigenvalue weighted by molar-refractivity contribution is 0.299. The molecule has 0 amide bonds. The second-order valence-corrected chi connectivity index (χ2v) is 2.34. The van der Waals surface area contributed by atoms with Gasteiger partial charge in [-0.05, 0) is 0 Å². The number of H-pyrrole nitrogens is 1. The average molecular weight is 157 g/mol. The number of nitrogens with zero attached hydrogens (tertiary/aromatic N) is 1. The Hall–Kier alpha value is -1.23. The Labute approximate surface area is 63.4 Å². The van der Waals surface area contributed by atoms with Gasteiger partial charge in [0, 0.05) is 20.1 Å². The number of aliphatic hydroxyl groups is 1. The molecule has 0 atom stereocenters. The van der Waals surface area contributed by atoms with Crippen LogP contribution in [0.15, 0.2) is 4.79 Å². The van der Waals surface area contributed by atoms with Gasteiger partial charge < -0.3 is 10.8 Å². The van der Waals surface area contributed by atoms with Gasteiger partial charge in [-0.2, -0.15) is 0 Å². The number of nitrogens with one attached hydrogen (secondary N) is 1. The third-order valence-electron chi connectivity index (χ3n) is 1.54. The van der Waals surface area contributed by atoms with Crippen molar-refractivity contribution >= 4 is 5.82 Å². The molecular formula is C6H11N3O2. The second kappa shape index (κ2) is 2.79. The molecule has 0 aromatic carbocycles. The van der Waals surface area contributed by atoms with Crippen LogP contribution >= 0.6 is 0 Å². The van der Waals surface area contributed by atoms with Gasteiger partial charge in [0.05, 0.1) is 5.56 Å². The lowest BCUT2D eigenvalue weighted by atomic mass is 10.2. The minimum Gasteiger partial charge on any atom is -0.396 e. The summed E-state index contributed by atoms with van der Waals surface area (Å²) in [5, 5.41) is 11.2. The summed E-state index contributed by atoms with van der Waals surface area (Å²) in [7, 11) is 1.58. The summed E-state index contributed by atoms with van der Waals surface area (Å²) >= 11 is 0. The van der Waals surface area contributed by atoms with Crippen LogP contribution in [-0.2, 0) is 13.5 Å². The zero-order valence-electron chi connectivity index (χ0n) is 6.29. The maximum atomic E-state index is 11.1. The van der Waals surface area contributed by atoms with Crippen LogP contribution in [0.25, 0.3) is 0 Å². The smallest absolute Gasteiger partial charge is 0.271 e. The molecule has 0 radical (unpaired) electrons. The molecule has 5 nitrogen and oxygen atoms in total. The van der Waals surface area contributed by atoms with Gasteiger partial charge in [0.25, 0.3) is 5.56 Å². The van der Waals surface area contributed by atoms with Gasteiger partial charge >= 0.3 is 0 Å². The van der Waals surface area contributed by atoms with E-state index in [0.29, 0.717) is 17.8 Å². The molecule has 4 N–H and O–H groups in total. The first kappa shape index (κ1) is 7.87. The number of hydrogen-bond acceptors (Lipinski definition) is 3. The summed E-state index contributed by atoms with van der Waals surface area (Å²) in [4.78, 5) is 11.1. The van der Waals surface area contributed by atoms with E-state index in [-0.39, 0.29) is 12.2 Å². The van der Waals surface area contributed by atoms with Crippen molar-refractivity contribution in [2.75, 3.05) is 12.3 Å². The molecule has 1 rings (SSSR count). The predicted octanol–water partition coefficient (Wildman–Crippen LogP) is -1.17. The standard InChI is InChI=1S/C6H11N3O2/c1-9-6(11)4(2-3-10)5(7)8-9/h8,10H,2-3,7H2,1H3. The number of aryl methyl sites for hydroxylation is 1. The van der Waals surface area contributed by atoms with E-state index >= 15 is 0 Å². The van der Waals surface area contributed by atoms with E-state index in [9.17, 15) is 4.79 Å². The predicted molar refractivity (Wildman–Crippen MR) is 41.2 cm³/mol. The Bertz CT molecular complexity index is 299. The highest BCUT2D eigenvalue weighted by atomic mass is 16.3. The van der Waals surface area contributed by atoms with Gasteiger partial charge in [0.1, 0.15) is 5.82 Å². The number of aromatic amines is 1.